The van der Waals surface area contributed by atoms with Gasteiger partial charge in [-0.15, -0.1) is 0 Å². The summed E-state index contributed by atoms with van der Waals surface area (Å²) in [5, 5.41) is 0.559. The Morgan fingerprint density at radius 1 is 1.29 bits per heavy atom. The van der Waals surface area contributed by atoms with E-state index in [4.69, 9.17) is 17.3 Å². The second kappa shape index (κ2) is 4.47. The molecule has 0 aliphatic rings. The Bertz CT molecular complexity index is 660. The first-order valence-electron chi connectivity index (χ1n) is 4.90. The summed E-state index contributed by atoms with van der Waals surface area (Å²) < 4.78 is 1.30. The van der Waals surface area contributed by atoms with Crippen molar-refractivity contribution in [3.8, 4) is 0 Å². The molecule has 3 N–H and O–H groups in total. The zero-order valence-electron chi connectivity index (χ0n) is 8.81. The maximum atomic E-state index is 11.5. The second-order valence-corrected chi connectivity index (χ2v) is 3.97. The number of anilines is 1. The summed E-state index contributed by atoms with van der Waals surface area (Å²) in [6.45, 7) is 0.263. The number of H-pyrrole nitrogens is 1. The Morgan fingerprint density at radius 2 is 2.00 bits per heavy atom. The zero-order valence-corrected chi connectivity index (χ0v) is 9.57. The summed E-state index contributed by atoms with van der Waals surface area (Å²) in [6.07, 6.45) is 1.31. The molecule has 0 saturated carbocycles. The van der Waals surface area contributed by atoms with E-state index in [1.54, 1.807) is 18.2 Å². The number of aromatic nitrogens is 2. The molecule has 0 fully saturated rings. The average Bonchev–Trinajstić information content (AvgIpc) is 2.29. The van der Waals surface area contributed by atoms with Gasteiger partial charge in [-0.2, -0.15) is 0 Å². The number of nitrogens with two attached hydrogens (primary N) is 1. The standard InChI is InChI=1S/C11H10ClN3O2/c12-8-4-2-1-3-7(8)5-15-6-9(13)10(16)14-11(15)17/h1-4,6H,5,13H2,(H,14,16,17). The topological polar surface area (TPSA) is 80.9 Å². The molecule has 1 aromatic carbocycles. The summed E-state index contributed by atoms with van der Waals surface area (Å²) in [5.41, 5.74) is 5.13. The number of hydrogen-bond donors (Lipinski definition) is 2. The van der Waals surface area contributed by atoms with Gasteiger partial charge in [-0.1, -0.05) is 29.8 Å². The van der Waals surface area contributed by atoms with Crippen LogP contribution in [0.15, 0.2) is 40.1 Å². The fraction of sp³-hybridized carbons (Fsp3) is 0.0909. The molecule has 0 bridgehead atoms. The van der Waals surface area contributed by atoms with Gasteiger partial charge in [0, 0.05) is 11.2 Å². The Morgan fingerprint density at radius 3 is 2.71 bits per heavy atom. The van der Waals surface area contributed by atoms with Crippen LogP contribution in [0.4, 0.5) is 5.69 Å². The summed E-state index contributed by atoms with van der Waals surface area (Å²) >= 11 is 5.98. The van der Waals surface area contributed by atoms with Crippen LogP contribution in [0, 0.1) is 0 Å². The number of nitrogen functional groups attached to an aromatic ring is 1. The first-order valence-corrected chi connectivity index (χ1v) is 5.28. The average molecular weight is 252 g/mol. The number of aromatic amines is 1. The van der Waals surface area contributed by atoms with Gasteiger partial charge in [0.1, 0.15) is 5.69 Å². The number of hydrogen-bond acceptors (Lipinski definition) is 3. The van der Waals surface area contributed by atoms with Crippen molar-refractivity contribution in [2.24, 2.45) is 0 Å². The van der Waals surface area contributed by atoms with E-state index in [-0.39, 0.29) is 12.2 Å². The van der Waals surface area contributed by atoms with E-state index in [1.807, 2.05) is 6.07 Å². The van der Waals surface area contributed by atoms with Crippen molar-refractivity contribution in [2.45, 2.75) is 6.54 Å². The van der Waals surface area contributed by atoms with Gasteiger partial charge in [0.05, 0.1) is 6.54 Å². The van der Waals surface area contributed by atoms with E-state index in [1.165, 1.54) is 10.8 Å². The van der Waals surface area contributed by atoms with Gasteiger partial charge in [-0.25, -0.2) is 4.79 Å². The first kappa shape index (κ1) is 11.5. The Kier molecular flexibility index (Phi) is 3.01. The van der Waals surface area contributed by atoms with Crippen LogP contribution in [-0.4, -0.2) is 9.55 Å². The molecule has 0 aliphatic heterocycles. The molecule has 88 valence electrons. The highest BCUT2D eigenvalue weighted by molar-refractivity contribution is 6.31. The van der Waals surface area contributed by atoms with Crippen LogP contribution in [0.25, 0.3) is 0 Å². The predicted molar refractivity (Wildman–Crippen MR) is 66.3 cm³/mol. The molecule has 2 aromatic rings. The minimum Gasteiger partial charge on any atom is -0.393 e. The summed E-state index contributed by atoms with van der Waals surface area (Å²) in [6, 6.07) is 7.16. The third-order valence-electron chi connectivity index (χ3n) is 2.34. The van der Waals surface area contributed by atoms with Crippen LogP contribution < -0.4 is 17.0 Å². The molecule has 17 heavy (non-hydrogen) atoms. The third kappa shape index (κ3) is 2.39. The van der Waals surface area contributed by atoms with Gasteiger partial charge in [-0.3, -0.25) is 14.3 Å². The van der Waals surface area contributed by atoms with Crippen molar-refractivity contribution >= 4 is 17.3 Å². The predicted octanol–water partition coefficient (Wildman–Crippen LogP) is 0.821. The van der Waals surface area contributed by atoms with Gasteiger partial charge >= 0.3 is 5.69 Å². The quantitative estimate of drug-likeness (QED) is 0.829. The van der Waals surface area contributed by atoms with Crippen molar-refractivity contribution in [3.63, 3.8) is 0 Å². The van der Waals surface area contributed by atoms with Crippen LogP contribution in [0.5, 0.6) is 0 Å². The lowest BCUT2D eigenvalue weighted by Crippen LogP contribution is -2.31. The van der Waals surface area contributed by atoms with Crippen molar-refractivity contribution < 1.29 is 0 Å². The number of rotatable bonds is 2. The van der Waals surface area contributed by atoms with Gasteiger partial charge in [0.25, 0.3) is 5.56 Å². The molecule has 0 aliphatic carbocycles. The van der Waals surface area contributed by atoms with Gasteiger partial charge < -0.3 is 5.73 Å². The molecule has 1 heterocycles. The van der Waals surface area contributed by atoms with E-state index < -0.39 is 11.2 Å². The number of nitrogens with zero attached hydrogens (tertiary/aromatic N) is 1. The lowest BCUT2D eigenvalue weighted by molar-refractivity contribution is 0.723. The number of halogens is 1. The van der Waals surface area contributed by atoms with Crippen LogP contribution in [0.3, 0.4) is 0 Å². The Hall–Kier alpha value is -2.01. The molecule has 0 amide bonds. The van der Waals surface area contributed by atoms with Crippen LogP contribution in [0.2, 0.25) is 5.02 Å². The van der Waals surface area contributed by atoms with Crippen LogP contribution in [-0.2, 0) is 6.54 Å². The normalized spacial score (nSPS) is 10.4. The molecule has 0 radical (unpaired) electrons. The second-order valence-electron chi connectivity index (χ2n) is 3.56. The largest absolute Gasteiger partial charge is 0.393 e. The maximum Gasteiger partial charge on any atom is 0.328 e. The smallest absolute Gasteiger partial charge is 0.328 e. The Labute approximate surface area is 101 Å². The highest BCUT2D eigenvalue weighted by atomic mass is 35.5. The van der Waals surface area contributed by atoms with Crippen molar-refractivity contribution in [1.29, 1.82) is 0 Å². The lowest BCUT2D eigenvalue weighted by Gasteiger charge is -2.07. The molecule has 6 heteroatoms. The van der Waals surface area contributed by atoms with E-state index in [2.05, 4.69) is 4.98 Å². The zero-order chi connectivity index (χ0) is 12.4. The van der Waals surface area contributed by atoms with Gasteiger partial charge in [-0.05, 0) is 11.6 Å². The van der Waals surface area contributed by atoms with E-state index in [0.29, 0.717) is 5.02 Å². The molecule has 0 atom stereocenters. The van der Waals surface area contributed by atoms with Crippen molar-refractivity contribution in [2.75, 3.05) is 5.73 Å². The summed E-state index contributed by atoms with van der Waals surface area (Å²) in [7, 11) is 0. The molecule has 0 spiro atoms. The monoisotopic (exact) mass is 251 g/mol. The summed E-state index contributed by atoms with van der Waals surface area (Å²) in [4.78, 5) is 24.7. The third-order valence-corrected chi connectivity index (χ3v) is 2.71. The molecular weight excluding hydrogens is 242 g/mol. The maximum absolute atomic E-state index is 11.5. The molecule has 1 aromatic heterocycles. The van der Waals surface area contributed by atoms with E-state index in [0.717, 1.165) is 5.56 Å². The highest BCUT2D eigenvalue weighted by Crippen LogP contribution is 2.15. The van der Waals surface area contributed by atoms with E-state index in [9.17, 15) is 9.59 Å². The van der Waals surface area contributed by atoms with E-state index >= 15 is 0 Å². The highest BCUT2D eigenvalue weighted by Gasteiger charge is 2.04. The molecule has 0 saturated heterocycles. The minimum absolute atomic E-state index is 0.00310. The van der Waals surface area contributed by atoms with Crippen molar-refractivity contribution in [1.82, 2.24) is 9.55 Å². The molecule has 0 unspecified atom stereocenters. The summed E-state index contributed by atoms with van der Waals surface area (Å²) in [5.74, 6) is 0. The van der Waals surface area contributed by atoms with Gasteiger partial charge in [0.2, 0.25) is 0 Å². The SMILES string of the molecule is Nc1cn(Cc2ccccc2Cl)c(=O)[nH]c1=O. The molecule has 5 nitrogen and oxygen atoms in total. The Balaban J connectivity index is 2.44. The van der Waals surface area contributed by atoms with Gasteiger partial charge in [0.15, 0.2) is 0 Å². The van der Waals surface area contributed by atoms with Crippen LogP contribution >= 0.6 is 11.6 Å². The molecular formula is C11H10ClN3O2. The molecule has 2 rings (SSSR count). The van der Waals surface area contributed by atoms with Crippen LogP contribution in [0.1, 0.15) is 5.56 Å². The lowest BCUT2D eigenvalue weighted by atomic mass is 10.2. The first-order chi connectivity index (χ1) is 8.08. The fourth-order valence-corrected chi connectivity index (χ4v) is 1.65. The number of nitrogens with one attached hydrogen (secondary N) is 1. The minimum atomic E-state index is -0.578. The van der Waals surface area contributed by atoms with Crippen molar-refractivity contribution in [3.05, 3.63) is 61.9 Å². The fourth-order valence-electron chi connectivity index (χ4n) is 1.45. The number of benzene rings is 1.